The Hall–Kier alpha value is -2.38. The Balaban J connectivity index is 2.10. The lowest BCUT2D eigenvalue weighted by Gasteiger charge is -2.17. The standard InChI is InChI=1S/C22H30N2O4S/c1-4-5-8-18-11-13-20(14-12-18)23-29(26,27)21-10-6-9-19(17-21)22(25)24(2)15-7-16-28-3/h6,9-14,17,23H,4-5,7-8,15-16H2,1-3H3. The first-order valence-corrected chi connectivity index (χ1v) is 11.3. The van der Waals surface area contributed by atoms with Crippen molar-refractivity contribution in [1.82, 2.24) is 4.90 Å². The summed E-state index contributed by atoms with van der Waals surface area (Å²) in [5, 5.41) is 0. The van der Waals surface area contributed by atoms with E-state index in [9.17, 15) is 13.2 Å². The van der Waals surface area contributed by atoms with Crippen LogP contribution >= 0.6 is 0 Å². The van der Waals surface area contributed by atoms with Crippen LogP contribution in [0.4, 0.5) is 5.69 Å². The molecule has 158 valence electrons. The molecule has 0 fully saturated rings. The van der Waals surface area contributed by atoms with Crippen molar-refractivity contribution < 1.29 is 17.9 Å². The van der Waals surface area contributed by atoms with Crippen molar-refractivity contribution in [3.05, 3.63) is 59.7 Å². The summed E-state index contributed by atoms with van der Waals surface area (Å²) in [5.74, 6) is -0.224. The van der Waals surface area contributed by atoms with Gasteiger partial charge in [-0.05, 0) is 55.2 Å². The lowest BCUT2D eigenvalue weighted by atomic mass is 10.1. The van der Waals surface area contributed by atoms with Gasteiger partial charge >= 0.3 is 0 Å². The fourth-order valence-electron chi connectivity index (χ4n) is 2.90. The summed E-state index contributed by atoms with van der Waals surface area (Å²) in [7, 11) is -0.482. The number of rotatable bonds is 11. The molecule has 0 spiro atoms. The molecular weight excluding hydrogens is 388 g/mol. The summed E-state index contributed by atoms with van der Waals surface area (Å²) in [6, 6.07) is 13.5. The van der Waals surface area contributed by atoms with E-state index in [-0.39, 0.29) is 10.8 Å². The molecule has 2 aromatic carbocycles. The maximum absolute atomic E-state index is 12.8. The summed E-state index contributed by atoms with van der Waals surface area (Å²) < 4.78 is 33.1. The van der Waals surface area contributed by atoms with E-state index in [2.05, 4.69) is 11.6 Å². The molecule has 0 aromatic heterocycles. The molecule has 0 bridgehead atoms. The third-order valence-corrected chi connectivity index (χ3v) is 5.98. The number of nitrogens with zero attached hydrogens (tertiary/aromatic N) is 1. The smallest absolute Gasteiger partial charge is 0.261 e. The zero-order valence-electron chi connectivity index (χ0n) is 17.3. The molecule has 0 saturated carbocycles. The molecule has 0 radical (unpaired) electrons. The molecule has 0 aliphatic rings. The highest BCUT2D eigenvalue weighted by molar-refractivity contribution is 7.92. The van der Waals surface area contributed by atoms with E-state index in [0.29, 0.717) is 30.8 Å². The summed E-state index contributed by atoms with van der Waals surface area (Å²) in [6.07, 6.45) is 3.91. The minimum atomic E-state index is -3.79. The number of sulfonamides is 1. The second kappa shape index (κ2) is 11.0. The minimum absolute atomic E-state index is 0.0590. The number of unbranched alkanes of at least 4 members (excludes halogenated alkanes) is 1. The molecular formula is C22H30N2O4S. The molecule has 0 aliphatic heterocycles. The SMILES string of the molecule is CCCCc1ccc(NS(=O)(=O)c2cccc(C(=O)N(C)CCCOC)c2)cc1. The maximum Gasteiger partial charge on any atom is 0.261 e. The predicted molar refractivity (Wildman–Crippen MR) is 116 cm³/mol. The van der Waals surface area contributed by atoms with Gasteiger partial charge in [-0.15, -0.1) is 0 Å². The number of nitrogens with one attached hydrogen (secondary N) is 1. The molecule has 0 heterocycles. The van der Waals surface area contributed by atoms with Crippen LogP contribution in [-0.2, 0) is 21.2 Å². The van der Waals surface area contributed by atoms with E-state index < -0.39 is 10.0 Å². The van der Waals surface area contributed by atoms with Crippen molar-refractivity contribution in [3.8, 4) is 0 Å². The number of ether oxygens (including phenoxy) is 1. The number of hydrogen-bond acceptors (Lipinski definition) is 4. The van der Waals surface area contributed by atoms with Crippen molar-refractivity contribution in [2.45, 2.75) is 37.5 Å². The molecule has 29 heavy (non-hydrogen) atoms. The Labute approximate surface area is 173 Å². The third kappa shape index (κ3) is 6.87. The maximum atomic E-state index is 12.8. The number of carbonyl (C=O) groups is 1. The number of amides is 1. The van der Waals surface area contributed by atoms with Crippen molar-refractivity contribution in [2.24, 2.45) is 0 Å². The third-order valence-electron chi connectivity index (χ3n) is 4.61. The van der Waals surface area contributed by atoms with Gasteiger partial charge in [0, 0.05) is 38.6 Å². The number of aryl methyl sites for hydroxylation is 1. The lowest BCUT2D eigenvalue weighted by molar-refractivity contribution is 0.0779. The average Bonchev–Trinajstić information content (AvgIpc) is 2.72. The van der Waals surface area contributed by atoms with Gasteiger partial charge in [-0.2, -0.15) is 0 Å². The Morgan fingerprint density at radius 3 is 2.48 bits per heavy atom. The molecule has 0 aliphatic carbocycles. The van der Waals surface area contributed by atoms with Gasteiger partial charge in [-0.1, -0.05) is 31.5 Å². The number of hydrogen-bond donors (Lipinski definition) is 1. The van der Waals surface area contributed by atoms with Crippen LogP contribution in [0.3, 0.4) is 0 Å². The van der Waals surface area contributed by atoms with Crippen LogP contribution in [0, 0.1) is 0 Å². The van der Waals surface area contributed by atoms with Crippen LogP contribution in [0.15, 0.2) is 53.4 Å². The number of benzene rings is 2. The van der Waals surface area contributed by atoms with Gasteiger partial charge in [0.2, 0.25) is 0 Å². The highest BCUT2D eigenvalue weighted by atomic mass is 32.2. The van der Waals surface area contributed by atoms with E-state index >= 15 is 0 Å². The Kier molecular flexibility index (Phi) is 8.67. The molecule has 2 aromatic rings. The fraction of sp³-hybridized carbons (Fsp3) is 0.409. The van der Waals surface area contributed by atoms with Gasteiger partial charge in [0.05, 0.1) is 4.90 Å². The van der Waals surface area contributed by atoms with Gasteiger partial charge in [-0.25, -0.2) is 8.42 Å². The normalized spacial score (nSPS) is 11.3. The van der Waals surface area contributed by atoms with Crippen LogP contribution in [0.5, 0.6) is 0 Å². The predicted octanol–water partition coefficient (Wildman–Crippen LogP) is 3.94. The van der Waals surface area contributed by atoms with Gasteiger partial charge in [0.25, 0.3) is 15.9 Å². The van der Waals surface area contributed by atoms with Crippen LogP contribution in [0.25, 0.3) is 0 Å². The number of methoxy groups -OCH3 is 1. The highest BCUT2D eigenvalue weighted by Gasteiger charge is 2.18. The van der Waals surface area contributed by atoms with Crippen LogP contribution in [0.2, 0.25) is 0 Å². The van der Waals surface area contributed by atoms with Crippen molar-refractivity contribution >= 4 is 21.6 Å². The van der Waals surface area contributed by atoms with Crippen molar-refractivity contribution in [3.63, 3.8) is 0 Å². The molecule has 1 N–H and O–H groups in total. The van der Waals surface area contributed by atoms with E-state index in [4.69, 9.17) is 4.74 Å². The summed E-state index contributed by atoms with van der Waals surface area (Å²) in [6.45, 7) is 3.23. The summed E-state index contributed by atoms with van der Waals surface area (Å²) >= 11 is 0. The Morgan fingerprint density at radius 2 is 1.83 bits per heavy atom. The molecule has 0 atom stereocenters. The van der Waals surface area contributed by atoms with E-state index in [1.54, 1.807) is 43.3 Å². The van der Waals surface area contributed by atoms with Crippen molar-refractivity contribution in [1.29, 1.82) is 0 Å². The lowest BCUT2D eigenvalue weighted by Crippen LogP contribution is -2.28. The zero-order chi connectivity index (χ0) is 21.3. The first-order valence-electron chi connectivity index (χ1n) is 9.83. The second-order valence-electron chi connectivity index (χ2n) is 7.01. The fourth-order valence-corrected chi connectivity index (χ4v) is 4.00. The number of carbonyl (C=O) groups excluding carboxylic acids is 1. The molecule has 7 heteroatoms. The molecule has 1 amide bonds. The average molecular weight is 419 g/mol. The molecule has 0 saturated heterocycles. The monoisotopic (exact) mass is 418 g/mol. The molecule has 0 unspecified atom stereocenters. The van der Waals surface area contributed by atoms with Crippen LogP contribution in [-0.4, -0.2) is 46.5 Å². The second-order valence-corrected chi connectivity index (χ2v) is 8.69. The number of anilines is 1. The first kappa shape index (κ1) is 22.9. The molecule has 2 rings (SSSR count). The van der Waals surface area contributed by atoms with Crippen LogP contribution < -0.4 is 4.72 Å². The zero-order valence-corrected chi connectivity index (χ0v) is 18.2. The largest absolute Gasteiger partial charge is 0.385 e. The van der Waals surface area contributed by atoms with Gasteiger partial charge in [0.15, 0.2) is 0 Å². The van der Waals surface area contributed by atoms with Gasteiger partial charge in [0.1, 0.15) is 0 Å². The summed E-state index contributed by atoms with van der Waals surface area (Å²) in [4.78, 5) is 14.2. The van der Waals surface area contributed by atoms with Crippen LogP contribution in [0.1, 0.15) is 42.1 Å². The van der Waals surface area contributed by atoms with Gasteiger partial charge in [-0.3, -0.25) is 9.52 Å². The Morgan fingerprint density at radius 1 is 1.10 bits per heavy atom. The summed E-state index contributed by atoms with van der Waals surface area (Å²) in [5.41, 5.74) is 2.01. The first-order chi connectivity index (χ1) is 13.9. The van der Waals surface area contributed by atoms with E-state index in [1.165, 1.54) is 17.7 Å². The highest BCUT2D eigenvalue weighted by Crippen LogP contribution is 2.19. The molecule has 6 nitrogen and oxygen atoms in total. The van der Waals surface area contributed by atoms with Gasteiger partial charge < -0.3 is 9.64 Å². The quantitative estimate of drug-likeness (QED) is 0.561. The Bertz CT molecular complexity index is 895. The minimum Gasteiger partial charge on any atom is -0.385 e. The van der Waals surface area contributed by atoms with E-state index in [0.717, 1.165) is 19.3 Å². The van der Waals surface area contributed by atoms with E-state index in [1.807, 2.05) is 12.1 Å². The van der Waals surface area contributed by atoms with Crippen molar-refractivity contribution in [2.75, 3.05) is 32.0 Å². The topological polar surface area (TPSA) is 75.7 Å².